The Morgan fingerprint density at radius 1 is 0.938 bits per heavy atom. The molecule has 0 fully saturated rings. The highest BCUT2D eigenvalue weighted by Crippen LogP contribution is 2.41. The molecule has 0 bridgehead atoms. The van der Waals surface area contributed by atoms with Crippen molar-refractivity contribution in [3.8, 4) is 28.7 Å². The summed E-state index contributed by atoms with van der Waals surface area (Å²) >= 11 is 0. The van der Waals surface area contributed by atoms with Gasteiger partial charge < -0.3 is 23.9 Å². The molecule has 1 N–H and O–H groups in total. The third-order valence-electron chi connectivity index (χ3n) is 4.79. The van der Waals surface area contributed by atoms with E-state index in [-0.39, 0.29) is 5.91 Å². The van der Waals surface area contributed by atoms with Gasteiger partial charge in [-0.15, -0.1) is 0 Å². The van der Waals surface area contributed by atoms with E-state index >= 15 is 0 Å². The number of methoxy groups -OCH3 is 3. The third kappa shape index (κ3) is 4.41. The Morgan fingerprint density at radius 3 is 2.31 bits per heavy atom. The number of carbonyl (C=O) groups is 1. The minimum atomic E-state index is -0.235. The molecule has 7 heteroatoms. The molecule has 0 aliphatic heterocycles. The standard InChI is InChI=1S/C25H22N2O5/c1-29-21-13-17(14-22(30-2)24(21)31-3)25-27-19-15-18(10-11-20(19)32-25)26-23(28)12-9-16-7-5-4-6-8-16/h4-15H,1-3H3,(H,26,28)/b12-9+. The van der Waals surface area contributed by atoms with E-state index in [0.29, 0.717) is 45.5 Å². The van der Waals surface area contributed by atoms with Gasteiger partial charge in [-0.1, -0.05) is 30.3 Å². The number of nitrogens with zero attached hydrogens (tertiary/aromatic N) is 1. The highest BCUT2D eigenvalue weighted by atomic mass is 16.5. The van der Waals surface area contributed by atoms with Crippen LogP contribution in [0.25, 0.3) is 28.6 Å². The first kappa shape index (κ1) is 21.0. The lowest BCUT2D eigenvalue weighted by molar-refractivity contribution is -0.111. The topological polar surface area (TPSA) is 82.8 Å². The van der Waals surface area contributed by atoms with Gasteiger partial charge in [0, 0.05) is 17.3 Å². The zero-order valence-electron chi connectivity index (χ0n) is 17.9. The second-order valence-electron chi connectivity index (χ2n) is 6.85. The van der Waals surface area contributed by atoms with Crippen molar-refractivity contribution in [2.75, 3.05) is 26.6 Å². The highest BCUT2D eigenvalue weighted by molar-refractivity contribution is 6.02. The van der Waals surface area contributed by atoms with Crippen LogP contribution in [0.15, 0.2) is 71.2 Å². The maximum Gasteiger partial charge on any atom is 0.248 e. The SMILES string of the molecule is COc1cc(-c2nc3cc(NC(=O)/C=C/c4ccccc4)ccc3o2)cc(OC)c1OC. The van der Waals surface area contributed by atoms with Crippen molar-refractivity contribution in [1.82, 2.24) is 4.98 Å². The molecule has 0 spiro atoms. The quantitative estimate of drug-likeness (QED) is 0.407. The van der Waals surface area contributed by atoms with E-state index in [2.05, 4.69) is 10.3 Å². The molecule has 0 radical (unpaired) electrons. The Morgan fingerprint density at radius 2 is 1.66 bits per heavy atom. The molecule has 4 rings (SSSR count). The number of aromatic nitrogens is 1. The van der Waals surface area contributed by atoms with E-state index in [4.69, 9.17) is 18.6 Å². The lowest BCUT2D eigenvalue weighted by Gasteiger charge is -2.12. The molecule has 0 atom stereocenters. The lowest BCUT2D eigenvalue weighted by Crippen LogP contribution is -2.07. The van der Waals surface area contributed by atoms with Gasteiger partial charge in [0.15, 0.2) is 17.1 Å². The summed E-state index contributed by atoms with van der Waals surface area (Å²) in [5.74, 6) is 1.65. The van der Waals surface area contributed by atoms with Crippen molar-refractivity contribution in [3.05, 3.63) is 72.3 Å². The number of ether oxygens (including phenoxy) is 3. The number of rotatable bonds is 7. The zero-order valence-corrected chi connectivity index (χ0v) is 17.9. The van der Waals surface area contributed by atoms with E-state index < -0.39 is 0 Å². The summed E-state index contributed by atoms with van der Waals surface area (Å²) in [5.41, 5.74) is 3.44. The first-order valence-corrected chi connectivity index (χ1v) is 9.86. The minimum Gasteiger partial charge on any atom is -0.493 e. The average molecular weight is 430 g/mol. The van der Waals surface area contributed by atoms with Crippen LogP contribution in [-0.4, -0.2) is 32.2 Å². The Labute approximate surface area is 185 Å². The van der Waals surface area contributed by atoms with E-state index in [1.54, 1.807) is 57.7 Å². The molecular weight excluding hydrogens is 408 g/mol. The molecule has 0 saturated carbocycles. The van der Waals surface area contributed by atoms with Crippen molar-refractivity contribution < 1.29 is 23.4 Å². The van der Waals surface area contributed by atoms with Gasteiger partial charge in [0.25, 0.3) is 0 Å². The maximum absolute atomic E-state index is 12.3. The maximum atomic E-state index is 12.3. The number of fused-ring (bicyclic) bond motifs is 1. The predicted octanol–water partition coefficient (Wildman–Crippen LogP) is 5.17. The first-order valence-electron chi connectivity index (χ1n) is 9.86. The number of amides is 1. The monoisotopic (exact) mass is 430 g/mol. The Bertz CT molecular complexity index is 1250. The molecule has 7 nitrogen and oxygen atoms in total. The number of oxazole rings is 1. The molecule has 1 amide bonds. The molecule has 32 heavy (non-hydrogen) atoms. The van der Waals surface area contributed by atoms with Gasteiger partial charge in [-0.2, -0.15) is 0 Å². The van der Waals surface area contributed by atoms with Gasteiger partial charge in [-0.05, 0) is 42.0 Å². The average Bonchev–Trinajstić information content (AvgIpc) is 3.26. The molecule has 0 aliphatic rings. The molecule has 0 saturated heterocycles. The van der Waals surface area contributed by atoms with Crippen LogP contribution < -0.4 is 19.5 Å². The fraction of sp³-hybridized carbons (Fsp3) is 0.120. The number of nitrogens with one attached hydrogen (secondary N) is 1. The summed E-state index contributed by atoms with van der Waals surface area (Å²) in [7, 11) is 4.65. The zero-order chi connectivity index (χ0) is 22.5. The third-order valence-corrected chi connectivity index (χ3v) is 4.79. The van der Waals surface area contributed by atoms with Crippen LogP contribution in [0.4, 0.5) is 5.69 Å². The summed E-state index contributed by atoms with van der Waals surface area (Å²) in [6.07, 6.45) is 3.25. The van der Waals surface area contributed by atoms with Crippen molar-refractivity contribution in [2.24, 2.45) is 0 Å². The van der Waals surface area contributed by atoms with E-state index in [1.807, 2.05) is 30.3 Å². The number of hydrogen-bond donors (Lipinski definition) is 1. The highest BCUT2D eigenvalue weighted by Gasteiger charge is 2.17. The number of carbonyl (C=O) groups excluding carboxylic acids is 1. The van der Waals surface area contributed by atoms with Gasteiger partial charge in [-0.25, -0.2) is 4.98 Å². The summed E-state index contributed by atoms with van der Waals surface area (Å²) in [6.45, 7) is 0. The molecule has 3 aromatic carbocycles. The van der Waals surface area contributed by atoms with Crippen molar-refractivity contribution in [2.45, 2.75) is 0 Å². The first-order chi connectivity index (χ1) is 15.6. The summed E-state index contributed by atoms with van der Waals surface area (Å²) < 4.78 is 22.1. The number of benzene rings is 3. The molecule has 1 aromatic heterocycles. The van der Waals surface area contributed by atoms with E-state index in [1.165, 1.54) is 6.08 Å². The molecule has 4 aromatic rings. The lowest BCUT2D eigenvalue weighted by atomic mass is 10.2. The smallest absolute Gasteiger partial charge is 0.248 e. The van der Waals surface area contributed by atoms with Crippen LogP contribution in [0, 0.1) is 0 Å². The van der Waals surface area contributed by atoms with Crippen LogP contribution in [0.2, 0.25) is 0 Å². The Hall–Kier alpha value is -4.26. The van der Waals surface area contributed by atoms with Crippen molar-refractivity contribution in [3.63, 3.8) is 0 Å². The Kier molecular flexibility index (Phi) is 6.07. The second kappa shape index (κ2) is 9.26. The van der Waals surface area contributed by atoms with E-state index in [9.17, 15) is 4.79 Å². The summed E-state index contributed by atoms with van der Waals surface area (Å²) in [5, 5.41) is 2.84. The molecule has 1 heterocycles. The fourth-order valence-corrected chi connectivity index (χ4v) is 3.25. The van der Waals surface area contributed by atoms with Crippen molar-refractivity contribution in [1.29, 1.82) is 0 Å². The number of hydrogen-bond acceptors (Lipinski definition) is 6. The second-order valence-corrected chi connectivity index (χ2v) is 6.85. The van der Waals surface area contributed by atoms with Crippen LogP contribution in [-0.2, 0) is 4.79 Å². The minimum absolute atomic E-state index is 0.235. The van der Waals surface area contributed by atoms with E-state index in [0.717, 1.165) is 5.56 Å². The summed E-state index contributed by atoms with van der Waals surface area (Å²) in [4.78, 5) is 16.8. The predicted molar refractivity (Wildman–Crippen MR) is 123 cm³/mol. The van der Waals surface area contributed by atoms with Gasteiger partial charge in [0.2, 0.25) is 17.5 Å². The van der Waals surface area contributed by atoms with Gasteiger partial charge in [0.1, 0.15) is 5.52 Å². The number of anilines is 1. The Balaban J connectivity index is 1.58. The normalized spacial score (nSPS) is 11.0. The largest absolute Gasteiger partial charge is 0.493 e. The van der Waals surface area contributed by atoms with Crippen LogP contribution in [0.5, 0.6) is 17.2 Å². The molecule has 0 unspecified atom stereocenters. The molecule has 0 aliphatic carbocycles. The fourth-order valence-electron chi connectivity index (χ4n) is 3.25. The van der Waals surface area contributed by atoms with Crippen LogP contribution >= 0.6 is 0 Å². The van der Waals surface area contributed by atoms with Crippen LogP contribution in [0.1, 0.15) is 5.56 Å². The van der Waals surface area contributed by atoms with Gasteiger partial charge in [-0.3, -0.25) is 4.79 Å². The molecule has 162 valence electrons. The van der Waals surface area contributed by atoms with Crippen molar-refractivity contribution >= 4 is 28.8 Å². The summed E-state index contributed by atoms with van der Waals surface area (Å²) in [6, 6.07) is 18.4. The van der Waals surface area contributed by atoms with Crippen LogP contribution in [0.3, 0.4) is 0 Å². The molecular formula is C25H22N2O5. The van der Waals surface area contributed by atoms with Gasteiger partial charge >= 0.3 is 0 Å². The van der Waals surface area contributed by atoms with Gasteiger partial charge in [0.05, 0.1) is 21.3 Å².